The van der Waals surface area contributed by atoms with Crippen LogP contribution in [-0.2, 0) is 14.3 Å². The Morgan fingerprint density at radius 2 is 2.00 bits per heavy atom. The van der Waals surface area contributed by atoms with E-state index in [1.54, 1.807) is 18.7 Å². The van der Waals surface area contributed by atoms with Gasteiger partial charge < -0.3 is 4.74 Å². The molecule has 2 atom stereocenters. The molecule has 0 radical (unpaired) electrons. The van der Waals surface area contributed by atoms with Crippen LogP contribution in [0.4, 0.5) is 0 Å². The summed E-state index contributed by atoms with van der Waals surface area (Å²) in [4.78, 5) is 22.7. The lowest BCUT2D eigenvalue weighted by molar-refractivity contribution is -0.154. The van der Waals surface area contributed by atoms with Crippen molar-refractivity contribution < 1.29 is 14.3 Å². The van der Waals surface area contributed by atoms with E-state index in [1.165, 1.54) is 11.8 Å². The number of thioether (sulfide) groups is 2. The van der Waals surface area contributed by atoms with E-state index in [0.29, 0.717) is 5.25 Å². The van der Waals surface area contributed by atoms with Crippen molar-refractivity contribution in [2.45, 2.75) is 63.1 Å². The number of rotatable bonds is 4. The average Bonchev–Trinajstić information content (AvgIpc) is 2.63. The highest BCUT2D eigenvalue weighted by atomic mass is 32.2. The van der Waals surface area contributed by atoms with Gasteiger partial charge in [-0.05, 0) is 40.0 Å². The van der Waals surface area contributed by atoms with E-state index >= 15 is 0 Å². The first-order valence-corrected chi connectivity index (χ1v) is 8.22. The van der Waals surface area contributed by atoms with Crippen LogP contribution in [-0.4, -0.2) is 32.9 Å². The molecule has 0 aromatic heterocycles. The molecule has 1 aliphatic heterocycles. The van der Waals surface area contributed by atoms with Crippen molar-refractivity contribution >= 4 is 34.6 Å². The Balaban J connectivity index is 2.28. The molecule has 0 spiro atoms. The van der Waals surface area contributed by atoms with Crippen LogP contribution in [0, 0.1) is 0 Å². The summed E-state index contributed by atoms with van der Waals surface area (Å²) in [6.07, 6.45) is 2.94. The van der Waals surface area contributed by atoms with Crippen LogP contribution < -0.4 is 0 Å². The highest BCUT2D eigenvalue weighted by Gasteiger charge is 2.33. The fraction of sp³-hybridized carbons (Fsp3) is 0.846. The highest BCUT2D eigenvalue weighted by molar-refractivity contribution is 8.13. The monoisotopic (exact) mass is 290 g/mol. The Bertz CT molecular complexity index is 310. The first kappa shape index (κ1) is 15.9. The van der Waals surface area contributed by atoms with Crippen molar-refractivity contribution in [1.82, 2.24) is 0 Å². The van der Waals surface area contributed by atoms with Gasteiger partial charge in [-0.25, -0.2) is 0 Å². The van der Waals surface area contributed by atoms with Gasteiger partial charge in [0.25, 0.3) is 0 Å². The maximum atomic E-state index is 11.9. The number of carbonyl (C=O) groups excluding carboxylic acids is 2. The van der Waals surface area contributed by atoms with Crippen LogP contribution in [0.3, 0.4) is 0 Å². The first-order valence-electron chi connectivity index (χ1n) is 6.29. The molecular weight excluding hydrogens is 268 g/mol. The topological polar surface area (TPSA) is 43.4 Å². The molecule has 1 fully saturated rings. The van der Waals surface area contributed by atoms with E-state index in [1.807, 2.05) is 20.8 Å². The Kier molecular flexibility index (Phi) is 6.05. The maximum absolute atomic E-state index is 11.9. The molecule has 0 unspecified atom stereocenters. The molecule has 1 heterocycles. The van der Waals surface area contributed by atoms with Crippen molar-refractivity contribution in [2.24, 2.45) is 0 Å². The molecule has 5 heteroatoms. The largest absolute Gasteiger partial charge is 0.459 e. The van der Waals surface area contributed by atoms with E-state index < -0.39 is 5.60 Å². The number of hydrogen-bond donors (Lipinski definition) is 0. The molecule has 18 heavy (non-hydrogen) atoms. The van der Waals surface area contributed by atoms with Gasteiger partial charge in [0.1, 0.15) is 10.9 Å². The van der Waals surface area contributed by atoms with Crippen molar-refractivity contribution in [1.29, 1.82) is 0 Å². The molecule has 104 valence electrons. The Morgan fingerprint density at radius 3 is 2.56 bits per heavy atom. The summed E-state index contributed by atoms with van der Waals surface area (Å²) in [6, 6.07) is 0. The van der Waals surface area contributed by atoms with Crippen LogP contribution >= 0.6 is 23.5 Å². The predicted molar refractivity (Wildman–Crippen MR) is 78.0 cm³/mol. The molecule has 0 aromatic carbocycles. The third-order valence-electron chi connectivity index (χ3n) is 2.52. The van der Waals surface area contributed by atoms with Crippen LogP contribution in [0.25, 0.3) is 0 Å². The summed E-state index contributed by atoms with van der Waals surface area (Å²) in [5, 5.41) is 0.646. The summed E-state index contributed by atoms with van der Waals surface area (Å²) in [5.41, 5.74) is -0.403. The summed E-state index contributed by atoms with van der Waals surface area (Å²) in [5.74, 6) is 0.767. The van der Waals surface area contributed by atoms with Crippen molar-refractivity contribution in [3.8, 4) is 0 Å². The summed E-state index contributed by atoms with van der Waals surface area (Å²) < 4.78 is 5.39. The molecule has 1 saturated heterocycles. The zero-order chi connectivity index (χ0) is 13.8. The molecule has 1 rings (SSSR count). The second-order valence-electron chi connectivity index (χ2n) is 5.49. The Labute approximate surface area is 118 Å². The Hall–Kier alpha value is -0.160. The minimum absolute atomic E-state index is 0.0171. The van der Waals surface area contributed by atoms with E-state index in [9.17, 15) is 9.59 Å². The maximum Gasteiger partial charge on any atom is 0.319 e. The SMILES string of the molecule is CC(=O)SCC[C@H]1CC[C@@H](C(=O)OC(C)(C)C)S1. The third-order valence-corrected chi connectivity index (χ3v) is 4.98. The molecule has 0 amide bonds. The quantitative estimate of drug-likeness (QED) is 0.744. The number of ether oxygens (including phenoxy) is 1. The van der Waals surface area contributed by atoms with Crippen LogP contribution in [0.15, 0.2) is 0 Å². The highest BCUT2D eigenvalue weighted by Crippen LogP contribution is 2.37. The van der Waals surface area contributed by atoms with Gasteiger partial charge in [-0.15, -0.1) is 11.8 Å². The lowest BCUT2D eigenvalue weighted by atomic mass is 10.1. The molecule has 1 aliphatic rings. The van der Waals surface area contributed by atoms with E-state index in [0.717, 1.165) is 25.0 Å². The van der Waals surface area contributed by atoms with Crippen LogP contribution in [0.5, 0.6) is 0 Å². The van der Waals surface area contributed by atoms with Crippen molar-refractivity contribution in [3.05, 3.63) is 0 Å². The summed E-state index contributed by atoms with van der Waals surface area (Å²) in [6.45, 7) is 7.28. The number of carbonyl (C=O) groups is 2. The smallest absolute Gasteiger partial charge is 0.319 e. The minimum atomic E-state index is -0.403. The van der Waals surface area contributed by atoms with Crippen LogP contribution in [0.2, 0.25) is 0 Å². The Morgan fingerprint density at radius 1 is 1.33 bits per heavy atom. The zero-order valence-corrected chi connectivity index (χ0v) is 13.2. The molecule has 0 saturated carbocycles. The lowest BCUT2D eigenvalue weighted by Crippen LogP contribution is -2.29. The summed E-state index contributed by atoms with van der Waals surface area (Å²) >= 11 is 3.08. The molecular formula is C13H22O3S2. The van der Waals surface area contributed by atoms with Gasteiger partial charge in [0.15, 0.2) is 5.12 Å². The predicted octanol–water partition coefficient (Wildman–Crippen LogP) is 3.26. The molecule has 0 aromatic rings. The second kappa shape index (κ2) is 6.85. The zero-order valence-electron chi connectivity index (χ0n) is 11.5. The lowest BCUT2D eigenvalue weighted by Gasteiger charge is -2.21. The molecule has 0 aliphatic carbocycles. The normalized spacial score (nSPS) is 24.0. The number of hydrogen-bond acceptors (Lipinski definition) is 5. The van der Waals surface area contributed by atoms with E-state index in [2.05, 4.69) is 0 Å². The van der Waals surface area contributed by atoms with E-state index in [4.69, 9.17) is 4.74 Å². The molecule has 0 N–H and O–H groups in total. The van der Waals surface area contributed by atoms with Gasteiger partial charge in [0.2, 0.25) is 0 Å². The van der Waals surface area contributed by atoms with Gasteiger partial charge in [0, 0.05) is 17.9 Å². The average molecular weight is 290 g/mol. The third kappa shape index (κ3) is 6.14. The van der Waals surface area contributed by atoms with Gasteiger partial charge in [-0.1, -0.05) is 11.8 Å². The first-order chi connectivity index (χ1) is 8.28. The van der Waals surface area contributed by atoms with Gasteiger partial charge in [-0.3, -0.25) is 9.59 Å². The molecule has 3 nitrogen and oxygen atoms in total. The van der Waals surface area contributed by atoms with E-state index in [-0.39, 0.29) is 16.3 Å². The standard InChI is InChI=1S/C13H22O3S2/c1-9(14)17-8-7-10-5-6-11(18-10)12(15)16-13(2,3)4/h10-11H,5-8H2,1-4H3/t10-,11+/m1/s1. The minimum Gasteiger partial charge on any atom is -0.459 e. The van der Waals surface area contributed by atoms with Gasteiger partial charge >= 0.3 is 5.97 Å². The van der Waals surface area contributed by atoms with Gasteiger partial charge in [0.05, 0.1) is 0 Å². The fourth-order valence-electron chi connectivity index (χ4n) is 1.79. The van der Waals surface area contributed by atoms with Crippen molar-refractivity contribution in [3.63, 3.8) is 0 Å². The van der Waals surface area contributed by atoms with Crippen LogP contribution in [0.1, 0.15) is 47.0 Å². The number of esters is 1. The summed E-state index contributed by atoms with van der Waals surface area (Å²) in [7, 11) is 0. The second-order valence-corrected chi connectivity index (χ2v) is 8.27. The molecule has 0 bridgehead atoms. The van der Waals surface area contributed by atoms with Gasteiger partial charge in [-0.2, -0.15) is 0 Å². The van der Waals surface area contributed by atoms with Crippen molar-refractivity contribution in [2.75, 3.05) is 5.75 Å². The fourth-order valence-corrected chi connectivity index (χ4v) is 4.05.